The van der Waals surface area contributed by atoms with Crippen LogP contribution in [0.3, 0.4) is 0 Å². The van der Waals surface area contributed by atoms with Gasteiger partial charge in [-0.1, -0.05) is 18.2 Å². The van der Waals surface area contributed by atoms with Crippen LogP contribution in [-0.2, 0) is 20.7 Å². The summed E-state index contributed by atoms with van der Waals surface area (Å²) in [6.07, 6.45) is 3.97. The van der Waals surface area contributed by atoms with Gasteiger partial charge in [0.1, 0.15) is 23.9 Å². The van der Waals surface area contributed by atoms with E-state index >= 15 is 0 Å². The van der Waals surface area contributed by atoms with E-state index in [-0.39, 0.29) is 18.2 Å². The van der Waals surface area contributed by atoms with Crippen LogP contribution >= 0.6 is 0 Å². The quantitative estimate of drug-likeness (QED) is 0.322. The molecule has 1 unspecified atom stereocenters. The first-order valence-corrected chi connectivity index (χ1v) is 12.0. The normalized spacial score (nSPS) is 12.2. The zero-order chi connectivity index (χ0) is 24.9. The van der Waals surface area contributed by atoms with Crippen molar-refractivity contribution in [1.82, 2.24) is 0 Å². The molecule has 1 atom stereocenters. The summed E-state index contributed by atoms with van der Waals surface area (Å²) in [5, 5.41) is 0. The lowest BCUT2D eigenvalue weighted by Gasteiger charge is -2.15. The van der Waals surface area contributed by atoms with Gasteiger partial charge in [0.2, 0.25) is 0 Å². The molecule has 2 aromatic rings. The zero-order valence-corrected chi connectivity index (χ0v) is 21.2. The number of rotatable bonds is 14. The number of hydrogen-bond donors (Lipinski definition) is 0. The average molecular weight is 471 g/mol. The summed E-state index contributed by atoms with van der Waals surface area (Å²) >= 11 is 0. The van der Waals surface area contributed by atoms with Gasteiger partial charge in [0.15, 0.2) is 6.10 Å². The molecule has 0 bridgehead atoms. The lowest BCUT2D eigenvalue weighted by Crippen LogP contribution is -2.28. The Labute approximate surface area is 203 Å². The highest BCUT2D eigenvalue weighted by Crippen LogP contribution is 2.25. The summed E-state index contributed by atoms with van der Waals surface area (Å²) in [4.78, 5) is 12.0. The number of benzene rings is 2. The predicted octanol–water partition coefficient (Wildman–Crippen LogP) is 5.86. The topological polar surface area (TPSA) is 63.2 Å². The maximum Gasteiger partial charge on any atom is 0.335 e. The van der Waals surface area contributed by atoms with E-state index in [0.717, 1.165) is 28.4 Å². The number of hydrogen-bond acceptors (Lipinski definition) is 6. The van der Waals surface area contributed by atoms with E-state index < -0.39 is 6.10 Å². The fourth-order valence-electron chi connectivity index (χ4n) is 3.28. The Morgan fingerprint density at radius 2 is 1.47 bits per heavy atom. The van der Waals surface area contributed by atoms with Crippen molar-refractivity contribution in [2.75, 3.05) is 19.8 Å². The highest BCUT2D eigenvalue weighted by molar-refractivity contribution is 5.75. The van der Waals surface area contributed by atoms with Crippen molar-refractivity contribution in [3.8, 4) is 17.2 Å². The smallest absolute Gasteiger partial charge is 0.335 e. The molecule has 186 valence electrons. The van der Waals surface area contributed by atoms with Crippen LogP contribution in [0.5, 0.6) is 17.2 Å². The Balaban J connectivity index is 1.96. The zero-order valence-electron chi connectivity index (χ0n) is 21.2. The van der Waals surface area contributed by atoms with Gasteiger partial charge in [0.25, 0.3) is 0 Å². The minimum absolute atomic E-state index is 0.0820. The SMILES string of the molecule is CCOC(=O)C(Cc1ccc(OC/C=C/c2cc(OC(C)C)cc(OC(C)C)c2)cc1)OCC. The van der Waals surface area contributed by atoms with Crippen molar-refractivity contribution in [3.63, 3.8) is 0 Å². The van der Waals surface area contributed by atoms with Crippen LogP contribution in [0.2, 0.25) is 0 Å². The third-order valence-corrected chi connectivity index (χ3v) is 4.56. The maximum absolute atomic E-state index is 12.0. The molecule has 0 saturated carbocycles. The van der Waals surface area contributed by atoms with Crippen LogP contribution in [0.15, 0.2) is 48.5 Å². The van der Waals surface area contributed by atoms with Crippen LogP contribution in [0.4, 0.5) is 0 Å². The highest BCUT2D eigenvalue weighted by Gasteiger charge is 2.20. The van der Waals surface area contributed by atoms with Gasteiger partial charge in [0.05, 0.1) is 18.8 Å². The molecule has 0 aromatic heterocycles. The standard InChI is InChI=1S/C28H38O6/c1-7-30-27(28(29)31-8-2)18-22-11-13-24(14-12-22)32-15-9-10-23-16-25(33-20(3)4)19-26(17-23)34-21(5)6/h9-14,16-17,19-21,27H,7-8,15,18H2,1-6H3/b10-9+. The van der Waals surface area contributed by atoms with Crippen molar-refractivity contribution in [1.29, 1.82) is 0 Å². The average Bonchev–Trinajstić information content (AvgIpc) is 2.76. The van der Waals surface area contributed by atoms with E-state index in [2.05, 4.69) is 0 Å². The molecule has 0 aliphatic carbocycles. The summed E-state index contributed by atoms with van der Waals surface area (Å²) in [6, 6.07) is 13.5. The van der Waals surface area contributed by atoms with Gasteiger partial charge < -0.3 is 23.7 Å². The first-order valence-electron chi connectivity index (χ1n) is 12.0. The van der Waals surface area contributed by atoms with Gasteiger partial charge in [-0.2, -0.15) is 0 Å². The van der Waals surface area contributed by atoms with Gasteiger partial charge in [0, 0.05) is 19.1 Å². The van der Waals surface area contributed by atoms with Crippen molar-refractivity contribution in [3.05, 3.63) is 59.7 Å². The summed E-state index contributed by atoms with van der Waals surface area (Å²) in [6.45, 7) is 12.9. The van der Waals surface area contributed by atoms with E-state index in [1.165, 1.54) is 0 Å². The molecule has 0 amide bonds. The number of carbonyl (C=O) groups excluding carboxylic acids is 1. The fraction of sp³-hybridized carbons (Fsp3) is 0.464. The Kier molecular flexibility index (Phi) is 11.5. The molecule has 0 aliphatic heterocycles. The number of esters is 1. The van der Waals surface area contributed by atoms with Crippen molar-refractivity contribution in [2.24, 2.45) is 0 Å². The van der Waals surface area contributed by atoms with Crippen LogP contribution in [0, 0.1) is 0 Å². The molecule has 0 fully saturated rings. The largest absolute Gasteiger partial charge is 0.491 e. The third kappa shape index (κ3) is 9.87. The fourth-order valence-corrected chi connectivity index (χ4v) is 3.28. The number of carbonyl (C=O) groups is 1. The van der Waals surface area contributed by atoms with Crippen molar-refractivity contribution in [2.45, 2.75) is 66.3 Å². The molecule has 0 heterocycles. The molecule has 2 aromatic carbocycles. The van der Waals surface area contributed by atoms with Crippen LogP contribution < -0.4 is 14.2 Å². The van der Waals surface area contributed by atoms with Gasteiger partial charge in [-0.3, -0.25) is 0 Å². The van der Waals surface area contributed by atoms with E-state index in [4.69, 9.17) is 23.7 Å². The lowest BCUT2D eigenvalue weighted by atomic mass is 10.1. The molecule has 6 nitrogen and oxygen atoms in total. The first kappa shape index (κ1) is 27.3. The molecule has 6 heteroatoms. The summed E-state index contributed by atoms with van der Waals surface area (Å²) in [5.74, 6) is 1.97. The Bertz CT molecular complexity index is 873. The maximum atomic E-state index is 12.0. The summed E-state index contributed by atoms with van der Waals surface area (Å²) in [7, 11) is 0. The number of ether oxygens (including phenoxy) is 5. The van der Waals surface area contributed by atoms with Gasteiger partial charge in [-0.15, -0.1) is 0 Å². The minimum atomic E-state index is -0.598. The van der Waals surface area contributed by atoms with Crippen LogP contribution in [0.25, 0.3) is 6.08 Å². The summed E-state index contributed by atoms with van der Waals surface area (Å²) in [5.41, 5.74) is 1.96. The van der Waals surface area contributed by atoms with Crippen LogP contribution in [0.1, 0.15) is 52.7 Å². The van der Waals surface area contributed by atoms with Crippen molar-refractivity contribution < 1.29 is 28.5 Å². The highest BCUT2D eigenvalue weighted by atomic mass is 16.6. The molecule has 0 saturated heterocycles. The molecule has 0 radical (unpaired) electrons. The molecule has 0 N–H and O–H groups in total. The monoisotopic (exact) mass is 470 g/mol. The van der Waals surface area contributed by atoms with E-state index in [0.29, 0.717) is 26.2 Å². The summed E-state index contributed by atoms with van der Waals surface area (Å²) < 4.78 is 28.2. The molecule has 0 aliphatic rings. The van der Waals surface area contributed by atoms with Gasteiger partial charge in [-0.25, -0.2) is 4.79 Å². The molecular weight excluding hydrogens is 432 g/mol. The lowest BCUT2D eigenvalue weighted by molar-refractivity contribution is -0.156. The van der Waals surface area contributed by atoms with Gasteiger partial charge in [-0.05, 0) is 83.0 Å². The first-order chi connectivity index (χ1) is 16.3. The van der Waals surface area contributed by atoms with E-state index in [1.807, 2.05) is 89.2 Å². The molecule has 0 spiro atoms. The molecule has 2 rings (SSSR count). The second-order valence-corrected chi connectivity index (χ2v) is 8.33. The third-order valence-electron chi connectivity index (χ3n) is 4.56. The Morgan fingerprint density at radius 1 is 0.853 bits per heavy atom. The van der Waals surface area contributed by atoms with Crippen molar-refractivity contribution >= 4 is 12.0 Å². The molecular formula is C28H38O6. The van der Waals surface area contributed by atoms with E-state index in [9.17, 15) is 4.79 Å². The minimum Gasteiger partial charge on any atom is -0.491 e. The van der Waals surface area contributed by atoms with Crippen LogP contribution in [-0.4, -0.2) is 44.1 Å². The van der Waals surface area contributed by atoms with Gasteiger partial charge >= 0.3 is 5.97 Å². The second-order valence-electron chi connectivity index (χ2n) is 8.33. The Hall–Kier alpha value is -2.99. The Morgan fingerprint density at radius 3 is 2.00 bits per heavy atom. The van der Waals surface area contributed by atoms with E-state index in [1.54, 1.807) is 6.92 Å². The second kappa shape index (κ2) is 14.3. The predicted molar refractivity (Wildman–Crippen MR) is 135 cm³/mol. The molecule has 34 heavy (non-hydrogen) atoms.